The minimum absolute atomic E-state index is 0.0289. The summed E-state index contributed by atoms with van der Waals surface area (Å²) >= 11 is 7.87. The Morgan fingerprint density at radius 1 is 1.21 bits per heavy atom. The highest BCUT2D eigenvalue weighted by Gasteiger charge is 2.41. The molecule has 2 unspecified atom stereocenters. The van der Waals surface area contributed by atoms with Crippen LogP contribution in [0.15, 0.2) is 65.1 Å². The molecule has 2 aliphatic rings. The molecule has 140 valence electrons. The van der Waals surface area contributed by atoms with Crippen LogP contribution < -0.4 is 4.74 Å². The Balaban J connectivity index is 1.62. The van der Waals surface area contributed by atoms with Crippen LogP contribution in [0.25, 0.3) is 0 Å². The summed E-state index contributed by atoms with van der Waals surface area (Å²) in [4.78, 5) is 11.9. The number of halogens is 1. The molecule has 0 amide bonds. The molecule has 1 aromatic heterocycles. The summed E-state index contributed by atoms with van der Waals surface area (Å²) in [5.74, 6) is 0.727. The molecular weight excluding hydrogens is 398 g/mol. The number of non-ortho nitro benzene ring substituents is 1. The molecule has 0 saturated carbocycles. The van der Waals surface area contributed by atoms with Crippen molar-refractivity contribution in [2.75, 3.05) is 0 Å². The highest BCUT2D eigenvalue weighted by Crippen LogP contribution is 2.48. The van der Waals surface area contributed by atoms with Gasteiger partial charge in [0.1, 0.15) is 5.75 Å². The highest BCUT2D eigenvalue weighted by molar-refractivity contribution is 7.12. The number of nitro groups is 1. The van der Waals surface area contributed by atoms with Crippen LogP contribution in [0.1, 0.15) is 34.7 Å². The predicted molar refractivity (Wildman–Crippen MR) is 108 cm³/mol. The molecular formula is C20H14ClN3O3S. The van der Waals surface area contributed by atoms with Gasteiger partial charge in [0.05, 0.1) is 21.6 Å². The van der Waals surface area contributed by atoms with Crippen molar-refractivity contribution in [3.05, 3.63) is 91.1 Å². The van der Waals surface area contributed by atoms with Gasteiger partial charge in [0.2, 0.25) is 6.23 Å². The topological polar surface area (TPSA) is 68.0 Å². The Kier molecular flexibility index (Phi) is 4.07. The molecule has 5 rings (SSSR count). The number of fused-ring (bicyclic) bond motifs is 3. The zero-order valence-electron chi connectivity index (χ0n) is 14.5. The van der Waals surface area contributed by atoms with Gasteiger partial charge < -0.3 is 4.74 Å². The number of benzene rings is 2. The summed E-state index contributed by atoms with van der Waals surface area (Å²) in [6, 6.07) is 16.1. The Labute approximate surface area is 169 Å². The number of hydrazone groups is 1. The molecule has 0 radical (unpaired) electrons. The molecule has 2 aliphatic heterocycles. The molecule has 6 nitrogen and oxygen atoms in total. The van der Waals surface area contributed by atoms with E-state index in [9.17, 15) is 10.1 Å². The van der Waals surface area contributed by atoms with Crippen molar-refractivity contribution in [1.29, 1.82) is 0 Å². The van der Waals surface area contributed by atoms with Crippen LogP contribution in [0, 0.1) is 10.1 Å². The van der Waals surface area contributed by atoms with Crippen LogP contribution in [-0.4, -0.2) is 15.6 Å². The van der Waals surface area contributed by atoms with Crippen molar-refractivity contribution < 1.29 is 9.66 Å². The first-order valence-electron chi connectivity index (χ1n) is 8.70. The normalized spacial score (nSPS) is 20.2. The first-order chi connectivity index (χ1) is 13.6. The smallest absolute Gasteiger partial charge is 0.269 e. The van der Waals surface area contributed by atoms with E-state index in [1.165, 1.54) is 6.07 Å². The van der Waals surface area contributed by atoms with Crippen molar-refractivity contribution in [1.82, 2.24) is 5.01 Å². The van der Waals surface area contributed by atoms with Gasteiger partial charge in [0, 0.05) is 34.7 Å². The van der Waals surface area contributed by atoms with E-state index in [0.717, 1.165) is 28.3 Å². The Hall–Kier alpha value is -2.90. The molecule has 0 saturated heterocycles. The van der Waals surface area contributed by atoms with Crippen LogP contribution >= 0.6 is 22.9 Å². The summed E-state index contributed by atoms with van der Waals surface area (Å²) < 4.78 is 6.23. The minimum Gasteiger partial charge on any atom is -0.464 e. The van der Waals surface area contributed by atoms with Gasteiger partial charge in [-0.25, -0.2) is 5.01 Å². The van der Waals surface area contributed by atoms with E-state index in [-0.39, 0.29) is 11.7 Å². The number of hydrogen-bond acceptors (Lipinski definition) is 6. The first kappa shape index (κ1) is 17.2. The summed E-state index contributed by atoms with van der Waals surface area (Å²) in [5, 5.41) is 20.6. The Morgan fingerprint density at radius 3 is 2.89 bits per heavy atom. The lowest BCUT2D eigenvalue weighted by atomic mass is 9.97. The second-order valence-electron chi connectivity index (χ2n) is 6.63. The van der Waals surface area contributed by atoms with Crippen molar-refractivity contribution in [3.63, 3.8) is 0 Å². The van der Waals surface area contributed by atoms with Gasteiger partial charge in [-0.3, -0.25) is 10.1 Å². The summed E-state index contributed by atoms with van der Waals surface area (Å²) in [5.41, 5.74) is 2.67. The quantitative estimate of drug-likeness (QED) is 0.418. The number of nitro benzene ring substituents is 1. The number of thiophene rings is 1. The third-order valence-corrected chi connectivity index (χ3v) is 6.08. The van der Waals surface area contributed by atoms with Crippen molar-refractivity contribution in [2.24, 2.45) is 5.10 Å². The van der Waals surface area contributed by atoms with Gasteiger partial charge in [-0.2, -0.15) is 5.10 Å². The molecule has 2 aromatic carbocycles. The molecule has 0 N–H and O–H groups in total. The third-order valence-electron chi connectivity index (χ3n) is 4.92. The Bertz CT molecular complexity index is 1100. The number of ether oxygens (including phenoxy) is 1. The van der Waals surface area contributed by atoms with Crippen molar-refractivity contribution in [2.45, 2.75) is 18.7 Å². The van der Waals surface area contributed by atoms with Crippen LogP contribution in [0.2, 0.25) is 5.02 Å². The summed E-state index contributed by atoms with van der Waals surface area (Å²) in [6.45, 7) is 0. The van der Waals surface area contributed by atoms with E-state index >= 15 is 0 Å². The average Bonchev–Trinajstić information content (AvgIpc) is 3.37. The molecule has 0 aliphatic carbocycles. The molecule has 3 heterocycles. The van der Waals surface area contributed by atoms with E-state index < -0.39 is 11.2 Å². The number of hydrogen-bond donors (Lipinski definition) is 0. The van der Waals surface area contributed by atoms with Gasteiger partial charge in [-0.1, -0.05) is 29.8 Å². The van der Waals surface area contributed by atoms with E-state index in [0.29, 0.717) is 10.6 Å². The molecule has 0 fully saturated rings. The SMILES string of the molecule is O=[N+]([O-])c1cccc(C2Oc3ccc(Cl)cc3C3CC(c4cccs4)=NN32)c1. The summed E-state index contributed by atoms with van der Waals surface area (Å²) in [6.07, 6.45) is 0.180. The largest absolute Gasteiger partial charge is 0.464 e. The highest BCUT2D eigenvalue weighted by atomic mass is 35.5. The van der Waals surface area contributed by atoms with E-state index in [1.807, 2.05) is 40.7 Å². The predicted octanol–water partition coefficient (Wildman–Crippen LogP) is 5.55. The van der Waals surface area contributed by atoms with E-state index in [2.05, 4.69) is 0 Å². The maximum absolute atomic E-state index is 11.2. The van der Waals surface area contributed by atoms with Crippen molar-refractivity contribution in [3.8, 4) is 5.75 Å². The van der Waals surface area contributed by atoms with Crippen LogP contribution in [-0.2, 0) is 0 Å². The number of nitrogens with zero attached hydrogens (tertiary/aromatic N) is 3. The fourth-order valence-electron chi connectivity index (χ4n) is 3.66. The maximum atomic E-state index is 11.2. The fraction of sp³-hybridized carbons (Fsp3) is 0.150. The minimum atomic E-state index is -0.545. The molecule has 0 spiro atoms. The first-order valence-corrected chi connectivity index (χ1v) is 9.96. The molecule has 8 heteroatoms. The van der Waals surface area contributed by atoms with Crippen LogP contribution in [0.3, 0.4) is 0 Å². The molecule has 3 aromatic rings. The van der Waals surface area contributed by atoms with Crippen LogP contribution in [0.4, 0.5) is 5.69 Å². The van der Waals surface area contributed by atoms with Crippen LogP contribution in [0.5, 0.6) is 5.75 Å². The zero-order chi connectivity index (χ0) is 19.3. The molecule has 0 bridgehead atoms. The lowest BCUT2D eigenvalue weighted by molar-refractivity contribution is -0.385. The second kappa shape index (κ2) is 6.61. The second-order valence-corrected chi connectivity index (χ2v) is 8.01. The standard InChI is InChI=1S/C20H14ClN3O3S/c21-13-6-7-18-15(10-13)17-11-16(19-5-2-8-28-19)22-23(17)20(27-18)12-3-1-4-14(9-12)24(25)26/h1-10,17,20H,11H2. The van der Waals surface area contributed by atoms with Gasteiger partial charge in [-0.05, 0) is 29.6 Å². The van der Waals surface area contributed by atoms with E-state index in [4.69, 9.17) is 21.4 Å². The van der Waals surface area contributed by atoms with Gasteiger partial charge in [-0.15, -0.1) is 11.3 Å². The maximum Gasteiger partial charge on any atom is 0.269 e. The monoisotopic (exact) mass is 411 g/mol. The lowest BCUT2D eigenvalue weighted by Gasteiger charge is -2.38. The average molecular weight is 412 g/mol. The lowest BCUT2D eigenvalue weighted by Crippen LogP contribution is -2.33. The fourth-order valence-corrected chi connectivity index (χ4v) is 4.56. The van der Waals surface area contributed by atoms with E-state index in [1.54, 1.807) is 29.5 Å². The molecule has 2 atom stereocenters. The molecule has 28 heavy (non-hydrogen) atoms. The van der Waals surface area contributed by atoms with Gasteiger partial charge in [0.25, 0.3) is 5.69 Å². The third kappa shape index (κ3) is 2.83. The van der Waals surface area contributed by atoms with Crippen molar-refractivity contribution >= 4 is 34.3 Å². The zero-order valence-corrected chi connectivity index (χ0v) is 16.1. The summed E-state index contributed by atoms with van der Waals surface area (Å²) in [7, 11) is 0. The Morgan fingerprint density at radius 2 is 2.11 bits per heavy atom. The van der Waals surface area contributed by atoms with Gasteiger partial charge >= 0.3 is 0 Å². The number of rotatable bonds is 3. The van der Waals surface area contributed by atoms with Gasteiger partial charge in [0.15, 0.2) is 0 Å².